The van der Waals surface area contributed by atoms with E-state index < -0.39 is 0 Å². The second-order valence-corrected chi connectivity index (χ2v) is 17.4. The SMILES string of the molecule is Cc1ccc(N2B3c4c(cc(/C(=C\c5ccccc5)Cc5ccccc5)cc4-n4c5ccccc5c5cccc3c54)-c3ccc4c(c32)C(C)(C)c2ccccc2-4)c(C)c1. The lowest BCUT2D eigenvalue weighted by Crippen LogP contribution is -2.61. The number of para-hydroxylation sites is 2. The highest BCUT2D eigenvalue weighted by Gasteiger charge is 2.48. The molecule has 1 aliphatic carbocycles. The number of rotatable bonds is 5. The zero-order valence-corrected chi connectivity index (χ0v) is 33.9. The molecule has 0 fully saturated rings. The Hall–Kier alpha value is -6.84. The average molecular weight is 755 g/mol. The fraction of sp³-hybridized carbons (Fsp3) is 0.107. The highest BCUT2D eigenvalue weighted by molar-refractivity contribution is 6.93. The van der Waals surface area contributed by atoms with Crippen molar-refractivity contribution in [3.8, 4) is 27.9 Å². The number of aryl methyl sites for hydroxylation is 2. The molecule has 0 N–H and O–H groups in total. The van der Waals surface area contributed by atoms with E-state index in [1.54, 1.807) is 0 Å². The van der Waals surface area contributed by atoms with E-state index in [0.717, 1.165) is 6.42 Å². The molecule has 0 amide bonds. The summed E-state index contributed by atoms with van der Waals surface area (Å²) in [5, 5.41) is 2.59. The first kappa shape index (κ1) is 34.2. The van der Waals surface area contributed by atoms with Crippen molar-refractivity contribution in [2.45, 2.75) is 39.5 Å². The van der Waals surface area contributed by atoms with E-state index in [-0.39, 0.29) is 12.3 Å². The minimum Gasteiger partial charge on any atom is -0.376 e. The first-order valence-corrected chi connectivity index (χ1v) is 21.0. The second-order valence-electron chi connectivity index (χ2n) is 17.4. The summed E-state index contributed by atoms with van der Waals surface area (Å²) in [6.07, 6.45) is 3.23. The number of aromatic nitrogens is 1. The van der Waals surface area contributed by atoms with Gasteiger partial charge in [0.1, 0.15) is 0 Å². The van der Waals surface area contributed by atoms with Crippen LogP contribution in [0.25, 0.3) is 61.4 Å². The molecule has 3 heteroatoms. The maximum Gasteiger partial charge on any atom is 0.333 e. The fourth-order valence-electron chi connectivity index (χ4n) is 11.0. The van der Waals surface area contributed by atoms with E-state index in [2.05, 4.69) is 213 Å². The van der Waals surface area contributed by atoms with Gasteiger partial charge in [0, 0.05) is 38.8 Å². The zero-order valence-electron chi connectivity index (χ0n) is 33.9. The topological polar surface area (TPSA) is 8.17 Å². The molecule has 0 saturated heterocycles. The van der Waals surface area contributed by atoms with Crippen LogP contribution in [0.4, 0.5) is 11.4 Å². The molecule has 0 saturated carbocycles. The van der Waals surface area contributed by atoms with Crippen LogP contribution in [0.5, 0.6) is 0 Å². The number of anilines is 2. The van der Waals surface area contributed by atoms with E-state index in [9.17, 15) is 0 Å². The van der Waals surface area contributed by atoms with Crippen molar-refractivity contribution in [2.75, 3.05) is 4.81 Å². The van der Waals surface area contributed by atoms with Gasteiger partial charge in [0.25, 0.3) is 0 Å². The van der Waals surface area contributed by atoms with E-state index in [1.807, 2.05) is 0 Å². The van der Waals surface area contributed by atoms with E-state index in [0.29, 0.717) is 0 Å². The molecule has 0 spiro atoms. The summed E-state index contributed by atoms with van der Waals surface area (Å²) >= 11 is 0. The smallest absolute Gasteiger partial charge is 0.333 e. The van der Waals surface area contributed by atoms with Crippen LogP contribution in [-0.2, 0) is 11.8 Å². The third-order valence-electron chi connectivity index (χ3n) is 13.5. The molecular weight excluding hydrogens is 711 g/mol. The largest absolute Gasteiger partial charge is 0.376 e. The monoisotopic (exact) mass is 754 g/mol. The lowest BCUT2D eigenvalue weighted by atomic mass is 9.43. The summed E-state index contributed by atoms with van der Waals surface area (Å²) < 4.78 is 2.60. The Morgan fingerprint density at radius 2 is 1.34 bits per heavy atom. The standard InChI is InChI=1S/C56H43BN2/c1-35-26-29-49(36(2)30-35)59-55-45(28-27-43-41-20-11-13-23-47(41)56(3,4)52(43)55)46-33-40(39(31-37-16-7-5-8-17-37)32-38-18-9-6-10-19-38)34-51-53(46)57(59)48-24-15-22-44-42-21-12-14-25-50(42)58(51)54(44)48/h5-31,33-34H,32H2,1-4H3/b39-31-. The summed E-state index contributed by atoms with van der Waals surface area (Å²) in [4.78, 5) is 2.75. The van der Waals surface area contributed by atoms with Gasteiger partial charge in [0.05, 0.1) is 11.0 Å². The first-order valence-electron chi connectivity index (χ1n) is 21.0. The van der Waals surface area contributed by atoms with Crippen molar-refractivity contribution in [1.29, 1.82) is 0 Å². The molecule has 3 aliphatic rings. The van der Waals surface area contributed by atoms with Gasteiger partial charge in [-0.15, -0.1) is 0 Å². The Bertz CT molecular complexity index is 3240. The molecule has 3 heterocycles. The summed E-state index contributed by atoms with van der Waals surface area (Å²) in [5.41, 5.74) is 24.7. The van der Waals surface area contributed by atoms with Crippen molar-refractivity contribution in [1.82, 2.24) is 4.57 Å². The van der Waals surface area contributed by atoms with E-state index in [4.69, 9.17) is 0 Å². The minimum absolute atomic E-state index is 0.0508. The van der Waals surface area contributed by atoms with Gasteiger partial charge in [-0.05, 0) is 111 Å². The van der Waals surface area contributed by atoms with E-state index in [1.165, 1.54) is 117 Å². The van der Waals surface area contributed by atoms with Gasteiger partial charge in [-0.2, -0.15) is 0 Å². The van der Waals surface area contributed by atoms with Gasteiger partial charge >= 0.3 is 6.85 Å². The number of nitrogens with zero attached hydrogens (tertiary/aromatic N) is 2. The fourth-order valence-corrected chi connectivity index (χ4v) is 11.0. The molecule has 9 aromatic rings. The Morgan fingerprint density at radius 1 is 0.610 bits per heavy atom. The minimum atomic E-state index is -0.215. The molecule has 8 aromatic carbocycles. The van der Waals surface area contributed by atoms with Crippen molar-refractivity contribution in [3.05, 3.63) is 209 Å². The number of benzene rings is 8. The molecule has 0 bridgehead atoms. The molecule has 59 heavy (non-hydrogen) atoms. The highest BCUT2D eigenvalue weighted by Crippen LogP contribution is 2.57. The lowest BCUT2D eigenvalue weighted by molar-refractivity contribution is 0.661. The van der Waals surface area contributed by atoms with Crippen LogP contribution >= 0.6 is 0 Å². The van der Waals surface area contributed by atoms with Crippen LogP contribution in [0.3, 0.4) is 0 Å². The van der Waals surface area contributed by atoms with Crippen LogP contribution in [-0.4, -0.2) is 11.4 Å². The third-order valence-corrected chi connectivity index (χ3v) is 13.5. The molecule has 2 nitrogen and oxygen atoms in total. The van der Waals surface area contributed by atoms with E-state index >= 15 is 0 Å². The van der Waals surface area contributed by atoms with Crippen molar-refractivity contribution < 1.29 is 0 Å². The van der Waals surface area contributed by atoms with Crippen LogP contribution in [0, 0.1) is 13.8 Å². The van der Waals surface area contributed by atoms with Crippen molar-refractivity contribution in [2.24, 2.45) is 0 Å². The van der Waals surface area contributed by atoms with Crippen LogP contribution < -0.4 is 15.7 Å². The Balaban J connectivity index is 1.25. The Kier molecular flexibility index (Phi) is 7.30. The number of fused-ring (bicyclic) bond motifs is 11. The summed E-state index contributed by atoms with van der Waals surface area (Å²) in [5.74, 6) is 0. The number of hydrogen-bond donors (Lipinski definition) is 0. The highest BCUT2D eigenvalue weighted by atomic mass is 15.1. The quantitative estimate of drug-likeness (QED) is 0.125. The molecule has 2 aliphatic heterocycles. The average Bonchev–Trinajstić information content (AvgIpc) is 3.72. The molecule has 0 atom stereocenters. The maximum atomic E-state index is 2.75. The van der Waals surface area contributed by atoms with Crippen molar-refractivity contribution >= 4 is 62.6 Å². The van der Waals surface area contributed by atoms with Gasteiger partial charge in [-0.3, -0.25) is 0 Å². The predicted molar refractivity (Wildman–Crippen MR) is 251 cm³/mol. The lowest BCUT2D eigenvalue weighted by Gasteiger charge is -2.45. The molecule has 0 unspecified atom stereocenters. The van der Waals surface area contributed by atoms with Crippen LogP contribution in [0.1, 0.15) is 52.8 Å². The van der Waals surface area contributed by atoms with Crippen molar-refractivity contribution in [3.63, 3.8) is 0 Å². The maximum absolute atomic E-state index is 2.75. The van der Waals surface area contributed by atoms with Gasteiger partial charge in [0.15, 0.2) is 0 Å². The first-order chi connectivity index (χ1) is 28.9. The van der Waals surface area contributed by atoms with Gasteiger partial charge in [-0.1, -0.05) is 171 Å². The number of allylic oxidation sites excluding steroid dienone is 1. The summed E-state index contributed by atoms with van der Waals surface area (Å²) in [7, 11) is 0. The predicted octanol–water partition coefficient (Wildman–Crippen LogP) is 12.7. The van der Waals surface area contributed by atoms with Gasteiger partial charge in [0.2, 0.25) is 0 Å². The number of hydrogen-bond acceptors (Lipinski definition) is 1. The second kappa shape index (κ2) is 12.6. The van der Waals surface area contributed by atoms with Crippen LogP contribution in [0.15, 0.2) is 170 Å². The molecule has 0 radical (unpaired) electrons. The normalized spacial score (nSPS) is 14.3. The Labute approximate surface area is 346 Å². The molecule has 280 valence electrons. The van der Waals surface area contributed by atoms with Gasteiger partial charge < -0.3 is 9.38 Å². The Morgan fingerprint density at radius 3 is 2.17 bits per heavy atom. The van der Waals surface area contributed by atoms with Crippen LogP contribution in [0.2, 0.25) is 0 Å². The molecular formula is C56H43BN2. The molecule has 1 aromatic heterocycles. The summed E-state index contributed by atoms with van der Waals surface area (Å²) in [6, 6.07) is 63.9. The molecule has 12 rings (SSSR count). The summed E-state index contributed by atoms with van der Waals surface area (Å²) in [6.45, 7) is 9.34. The van der Waals surface area contributed by atoms with Gasteiger partial charge in [-0.25, -0.2) is 0 Å². The third kappa shape index (κ3) is 4.88. The zero-order chi connectivity index (χ0) is 39.6.